The second kappa shape index (κ2) is 5.59. The summed E-state index contributed by atoms with van der Waals surface area (Å²) in [6.07, 6.45) is 7.53. The highest BCUT2D eigenvalue weighted by Gasteiger charge is 2.13. The van der Waals surface area contributed by atoms with Gasteiger partial charge in [-0.05, 0) is 30.5 Å². The Hall–Kier alpha value is -2.70. The minimum atomic E-state index is 0.671. The maximum absolute atomic E-state index is 4.47. The summed E-state index contributed by atoms with van der Waals surface area (Å²) in [5.41, 5.74) is 2.68. The fourth-order valence-corrected chi connectivity index (χ4v) is 2.77. The van der Waals surface area contributed by atoms with Crippen LogP contribution >= 0.6 is 0 Å². The van der Waals surface area contributed by atoms with Crippen LogP contribution < -0.4 is 10.2 Å². The highest BCUT2D eigenvalue weighted by atomic mass is 15.2. The van der Waals surface area contributed by atoms with Crippen molar-refractivity contribution in [2.24, 2.45) is 0 Å². The first-order chi connectivity index (χ1) is 10.9. The van der Waals surface area contributed by atoms with E-state index in [-0.39, 0.29) is 0 Å². The van der Waals surface area contributed by atoms with E-state index in [2.05, 4.69) is 41.2 Å². The molecule has 1 saturated heterocycles. The molecule has 1 aliphatic heterocycles. The summed E-state index contributed by atoms with van der Waals surface area (Å²) in [4.78, 5) is 22.4. The smallest absolute Gasteiger partial charge is 0.182 e. The molecule has 0 aliphatic carbocycles. The molecule has 0 bridgehead atoms. The van der Waals surface area contributed by atoms with Gasteiger partial charge in [-0.15, -0.1) is 0 Å². The number of aromatic amines is 1. The monoisotopic (exact) mass is 295 g/mol. The Balaban J connectivity index is 1.51. The molecule has 3 aromatic heterocycles. The third kappa shape index (κ3) is 2.45. The Kier molecular flexibility index (Phi) is 3.30. The van der Waals surface area contributed by atoms with Gasteiger partial charge >= 0.3 is 0 Å². The van der Waals surface area contributed by atoms with Crippen LogP contribution in [0.15, 0.2) is 31.0 Å². The summed E-state index contributed by atoms with van der Waals surface area (Å²) in [6, 6.07) is 4.17. The van der Waals surface area contributed by atoms with Crippen LogP contribution in [0.25, 0.3) is 11.2 Å². The van der Waals surface area contributed by atoms with Gasteiger partial charge in [0, 0.05) is 25.8 Å². The lowest BCUT2D eigenvalue weighted by Gasteiger charge is -2.17. The van der Waals surface area contributed by atoms with Crippen molar-refractivity contribution >= 4 is 22.8 Å². The SMILES string of the molecule is c1cc(CNc2ncnc3nc[nH]c23)cc(N2CCCC2)n1. The molecule has 0 atom stereocenters. The van der Waals surface area contributed by atoms with Crippen LogP contribution in [0.4, 0.5) is 11.6 Å². The summed E-state index contributed by atoms with van der Waals surface area (Å²) >= 11 is 0. The number of hydrogen-bond donors (Lipinski definition) is 2. The van der Waals surface area contributed by atoms with Crippen molar-refractivity contribution in [1.29, 1.82) is 0 Å². The van der Waals surface area contributed by atoms with Gasteiger partial charge in [-0.2, -0.15) is 0 Å². The fourth-order valence-electron chi connectivity index (χ4n) is 2.77. The predicted molar refractivity (Wildman–Crippen MR) is 84.7 cm³/mol. The zero-order valence-electron chi connectivity index (χ0n) is 12.2. The number of pyridine rings is 1. The van der Waals surface area contributed by atoms with E-state index in [0.29, 0.717) is 12.2 Å². The molecule has 3 aromatic rings. The van der Waals surface area contributed by atoms with E-state index in [1.807, 2.05) is 12.3 Å². The minimum Gasteiger partial charge on any atom is -0.364 e. The number of nitrogens with one attached hydrogen (secondary N) is 2. The van der Waals surface area contributed by atoms with Crippen molar-refractivity contribution in [2.45, 2.75) is 19.4 Å². The number of H-pyrrole nitrogens is 1. The Labute approximate surface area is 127 Å². The number of imidazole rings is 1. The quantitative estimate of drug-likeness (QED) is 0.765. The normalized spacial score (nSPS) is 14.6. The molecule has 1 fully saturated rings. The van der Waals surface area contributed by atoms with Crippen LogP contribution in [0, 0.1) is 0 Å². The maximum Gasteiger partial charge on any atom is 0.182 e. The third-order valence-corrected chi connectivity index (χ3v) is 3.92. The molecule has 112 valence electrons. The van der Waals surface area contributed by atoms with Gasteiger partial charge in [0.25, 0.3) is 0 Å². The first-order valence-corrected chi connectivity index (χ1v) is 7.48. The van der Waals surface area contributed by atoms with Gasteiger partial charge in [0.05, 0.1) is 6.33 Å². The molecule has 0 radical (unpaired) electrons. The van der Waals surface area contributed by atoms with Gasteiger partial charge in [0.15, 0.2) is 11.5 Å². The minimum absolute atomic E-state index is 0.671. The number of hydrogen-bond acceptors (Lipinski definition) is 6. The number of anilines is 2. The molecule has 0 aromatic carbocycles. The molecule has 0 amide bonds. The number of aromatic nitrogens is 5. The zero-order chi connectivity index (χ0) is 14.8. The topological polar surface area (TPSA) is 82.6 Å². The fraction of sp³-hybridized carbons (Fsp3) is 0.333. The molecule has 1 aliphatic rings. The van der Waals surface area contributed by atoms with Crippen molar-refractivity contribution in [2.75, 3.05) is 23.3 Å². The van der Waals surface area contributed by atoms with E-state index >= 15 is 0 Å². The summed E-state index contributed by atoms with van der Waals surface area (Å²) in [5, 5.41) is 3.34. The molecule has 4 rings (SSSR count). The Bertz CT molecular complexity index is 776. The van der Waals surface area contributed by atoms with Gasteiger partial charge in [-0.25, -0.2) is 19.9 Å². The average molecular weight is 295 g/mol. The standard InChI is InChI=1S/C15H17N7/c1-2-6-22(5-1)12-7-11(3-4-16-12)8-17-14-13-15(19-9-18-13)21-10-20-14/h3-4,7,9-10H,1-2,5-6,8H2,(H2,17,18,19,20,21). The highest BCUT2D eigenvalue weighted by Crippen LogP contribution is 2.20. The van der Waals surface area contributed by atoms with Crippen molar-refractivity contribution in [3.63, 3.8) is 0 Å². The molecule has 0 unspecified atom stereocenters. The van der Waals surface area contributed by atoms with Gasteiger partial charge in [-0.3, -0.25) is 0 Å². The van der Waals surface area contributed by atoms with Crippen molar-refractivity contribution in [1.82, 2.24) is 24.9 Å². The summed E-state index contributed by atoms with van der Waals surface area (Å²) in [5.74, 6) is 1.83. The summed E-state index contributed by atoms with van der Waals surface area (Å²) in [6.45, 7) is 2.89. The average Bonchev–Trinajstić information content (AvgIpc) is 3.24. The number of rotatable bonds is 4. The Morgan fingerprint density at radius 2 is 2.05 bits per heavy atom. The summed E-state index contributed by atoms with van der Waals surface area (Å²) < 4.78 is 0. The largest absolute Gasteiger partial charge is 0.364 e. The molecular formula is C15H17N7. The Morgan fingerprint density at radius 3 is 2.95 bits per heavy atom. The van der Waals surface area contributed by atoms with Crippen LogP contribution in [-0.2, 0) is 6.54 Å². The van der Waals surface area contributed by atoms with Crippen molar-refractivity contribution < 1.29 is 0 Å². The van der Waals surface area contributed by atoms with E-state index in [1.165, 1.54) is 24.7 Å². The Morgan fingerprint density at radius 1 is 1.14 bits per heavy atom. The first kappa shape index (κ1) is 13.0. The van der Waals surface area contributed by atoms with E-state index in [4.69, 9.17) is 0 Å². The second-order valence-corrected chi connectivity index (χ2v) is 5.39. The number of nitrogens with zero attached hydrogens (tertiary/aromatic N) is 5. The maximum atomic E-state index is 4.47. The molecule has 7 heteroatoms. The molecule has 7 nitrogen and oxygen atoms in total. The third-order valence-electron chi connectivity index (χ3n) is 3.92. The summed E-state index contributed by atoms with van der Waals surface area (Å²) in [7, 11) is 0. The zero-order valence-corrected chi connectivity index (χ0v) is 12.2. The van der Waals surface area contributed by atoms with E-state index in [0.717, 1.165) is 30.2 Å². The lowest BCUT2D eigenvalue weighted by Crippen LogP contribution is -2.19. The van der Waals surface area contributed by atoms with Crippen LogP contribution in [0.3, 0.4) is 0 Å². The second-order valence-electron chi connectivity index (χ2n) is 5.39. The lowest BCUT2D eigenvalue weighted by molar-refractivity contribution is 0.931. The van der Waals surface area contributed by atoms with Crippen LogP contribution in [0.5, 0.6) is 0 Å². The van der Waals surface area contributed by atoms with Gasteiger partial charge < -0.3 is 15.2 Å². The van der Waals surface area contributed by atoms with Gasteiger partial charge in [0.1, 0.15) is 17.7 Å². The van der Waals surface area contributed by atoms with Crippen molar-refractivity contribution in [3.05, 3.63) is 36.5 Å². The molecule has 0 saturated carbocycles. The lowest BCUT2D eigenvalue weighted by atomic mass is 10.2. The predicted octanol–water partition coefficient (Wildman–Crippen LogP) is 1.96. The molecular weight excluding hydrogens is 278 g/mol. The van der Waals surface area contributed by atoms with E-state index < -0.39 is 0 Å². The van der Waals surface area contributed by atoms with E-state index in [1.54, 1.807) is 6.33 Å². The highest BCUT2D eigenvalue weighted by molar-refractivity contribution is 5.81. The molecule has 0 spiro atoms. The molecule has 22 heavy (non-hydrogen) atoms. The van der Waals surface area contributed by atoms with Gasteiger partial charge in [0.2, 0.25) is 0 Å². The number of fused-ring (bicyclic) bond motifs is 1. The van der Waals surface area contributed by atoms with Gasteiger partial charge in [-0.1, -0.05) is 0 Å². The van der Waals surface area contributed by atoms with Crippen LogP contribution in [-0.4, -0.2) is 38.0 Å². The first-order valence-electron chi connectivity index (χ1n) is 7.48. The molecule has 2 N–H and O–H groups in total. The van der Waals surface area contributed by atoms with Crippen LogP contribution in [0.1, 0.15) is 18.4 Å². The van der Waals surface area contributed by atoms with E-state index in [9.17, 15) is 0 Å². The molecule has 4 heterocycles. The van der Waals surface area contributed by atoms with Crippen LogP contribution in [0.2, 0.25) is 0 Å². The van der Waals surface area contributed by atoms with Crippen molar-refractivity contribution in [3.8, 4) is 0 Å².